The number of esters is 1. The van der Waals surface area contributed by atoms with Crippen LogP contribution in [0.25, 0.3) is 5.69 Å². The molecule has 1 aliphatic rings. The lowest BCUT2D eigenvalue weighted by Gasteiger charge is -2.09. The smallest absolute Gasteiger partial charge is 0.338 e. The summed E-state index contributed by atoms with van der Waals surface area (Å²) in [6, 6.07) is 14.4. The zero-order valence-corrected chi connectivity index (χ0v) is 13.4. The number of fused-ring (bicyclic) bond motifs is 1. The number of aromatic nitrogens is 3. The maximum absolute atomic E-state index is 12.7. The maximum Gasteiger partial charge on any atom is 0.338 e. The topological polar surface area (TPSA) is 86.1 Å². The van der Waals surface area contributed by atoms with E-state index in [2.05, 4.69) is 15.6 Å². The van der Waals surface area contributed by atoms with E-state index in [9.17, 15) is 9.59 Å². The van der Waals surface area contributed by atoms with Gasteiger partial charge >= 0.3 is 5.97 Å². The zero-order valence-electron chi connectivity index (χ0n) is 13.4. The molecule has 25 heavy (non-hydrogen) atoms. The van der Waals surface area contributed by atoms with Crippen LogP contribution in [-0.2, 0) is 11.3 Å². The van der Waals surface area contributed by atoms with Gasteiger partial charge in [-0.15, -0.1) is 5.10 Å². The first-order valence-corrected chi connectivity index (χ1v) is 7.72. The van der Waals surface area contributed by atoms with Crippen molar-refractivity contribution in [2.45, 2.75) is 13.5 Å². The van der Waals surface area contributed by atoms with Crippen LogP contribution < -0.4 is 5.32 Å². The highest BCUT2D eigenvalue weighted by Gasteiger charge is 2.23. The minimum absolute atomic E-state index is 0.223. The van der Waals surface area contributed by atoms with Crippen molar-refractivity contribution in [2.24, 2.45) is 0 Å². The summed E-state index contributed by atoms with van der Waals surface area (Å²) < 4.78 is 6.48. The number of para-hydroxylation sites is 1. The molecule has 0 atom stereocenters. The minimum Gasteiger partial charge on any atom is -0.457 e. The largest absolute Gasteiger partial charge is 0.457 e. The van der Waals surface area contributed by atoms with E-state index in [1.807, 2.05) is 30.3 Å². The molecule has 0 bridgehead atoms. The molecule has 1 aromatic heterocycles. The number of hydrogen-bond acceptors (Lipinski definition) is 5. The fraction of sp³-hybridized carbons (Fsp3) is 0.111. The van der Waals surface area contributed by atoms with Crippen LogP contribution in [0.5, 0.6) is 0 Å². The molecule has 2 aromatic carbocycles. The van der Waals surface area contributed by atoms with Gasteiger partial charge in [-0.3, -0.25) is 4.79 Å². The molecule has 0 saturated heterocycles. The molecule has 0 saturated carbocycles. The Balaban J connectivity index is 1.65. The number of nitrogens with one attached hydrogen (secondary N) is 1. The van der Waals surface area contributed by atoms with Crippen molar-refractivity contribution in [3.8, 4) is 5.69 Å². The van der Waals surface area contributed by atoms with Gasteiger partial charge in [-0.2, -0.15) is 0 Å². The Labute approximate surface area is 143 Å². The lowest BCUT2D eigenvalue weighted by Crippen LogP contribution is -2.18. The highest BCUT2D eigenvalue weighted by atomic mass is 16.5. The monoisotopic (exact) mass is 334 g/mol. The van der Waals surface area contributed by atoms with E-state index in [0.29, 0.717) is 22.6 Å². The molecule has 7 heteroatoms. The predicted octanol–water partition coefficient (Wildman–Crippen LogP) is 2.50. The van der Waals surface area contributed by atoms with Crippen LogP contribution in [0.4, 0.5) is 5.69 Å². The third kappa shape index (κ3) is 2.65. The molecule has 0 fully saturated rings. The number of carbonyl (C=O) groups is 2. The summed E-state index contributed by atoms with van der Waals surface area (Å²) in [4.78, 5) is 24.2. The van der Waals surface area contributed by atoms with Gasteiger partial charge in [-0.05, 0) is 37.3 Å². The molecule has 1 aliphatic heterocycles. The highest BCUT2D eigenvalue weighted by molar-refractivity contribution is 6.04. The Morgan fingerprint density at radius 3 is 2.80 bits per heavy atom. The number of benzene rings is 2. The average molecular weight is 334 g/mol. The minimum atomic E-state index is -0.338. The van der Waals surface area contributed by atoms with Crippen LogP contribution in [0.2, 0.25) is 0 Å². The molecule has 7 nitrogen and oxygen atoms in total. The molecule has 2 heterocycles. The van der Waals surface area contributed by atoms with E-state index in [4.69, 9.17) is 4.74 Å². The van der Waals surface area contributed by atoms with Crippen molar-refractivity contribution >= 4 is 17.6 Å². The third-order valence-electron chi connectivity index (χ3n) is 4.00. The summed E-state index contributed by atoms with van der Waals surface area (Å²) in [5.74, 6) is -0.661. The molecule has 124 valence electrons. The molecule has 0 unspecified atom stereocenters. The lowest BCUT2D eigenvalue weighted by atomic mass is 10.1. The summed E-state index contributed by atoms with van der Waals surface area (Å²) in [5, 5.41) is 10.9. The quantitative estimate of drug-likeness (QED) is 0.744. The summed E-state index contributed by atoms with van der Waals surface area (Å²) in [7, 11) is 0. The molecule has 0 spiro atoms. The maximum atomic E-state index is 12.7. The molecule has 4 rings (SSSR count). The number of rotatable bonds is 3. The first-order chi connectivity index (χ1) is 12.1. The van der Waals surface area contributed by atoms with Crippen molar-refractivity contribution in [1.82, 2.24) is 15.0 Å². The SMILES string of the molecule is Cc1nnn(-c2ccccc2)c1C(=O)Nc1ccc2c(c1)COC2=O. The van der Waals surface area contributed by atoms with Crippen LogP contribution >= 0.6 is 0 Å². The second-order valence-electron chi connectivity index (χ2n) is 5.67. The second kappa shape index (κ2) is 5.86. The van der Waals surface area contributed by atoms with Crippen LogP contribution in [0.15, 0.2) is 48.5 Å². The van der Waals surface area contributed by atoms with E-state index in [0.717, 1.165) is 11.3 Å². The number of hydrogen-bond donors (Lipinski definition) is 1. The van der Waals surface area contributed by atoms with Crippen LogP contribution in [-0.4, -0.2) is 26.9 Å². The normalized spacial score (nSPS) is 12.6. The third-order valence-corrected chi connectivity index (χ3v) is 4.00. The van der Waals surface area contributed by atoms with Gasteiger partial charge in [0.25, 0.3) is 5.91 Å². The van der Waals surface area contributed by atoms with Gasteiger partial charge in [0.05, 0.1) is 16.9 Å². The molecule has 1 amide bonds. The molecule has 3 aromatic rings. The van der Waals surface area contributed by atoms with Gasteiger partial charge in [0.1, 0.15) is 6.61 Å². The van der Waals surface area contributed by atoms with E-state index >= 15 is 0 Å². The fourth-order valence-corrected chi connectivity index (χ4v) is 2.77. The Hall–Kier alpha value is -3.48. The summed E-state index contributed by atoms with van der Waals surface area (Å²) in [6.45, 7) is 1.96. The molecular formula is C18H14N4O3. The standard InChI is InChI=1S/C18H14N4O3/c1-11-16(22(21-20-11)14-5-3-2-4-6-14)17(23)19-13-7-8-15-12(9-13)10-25-18(15)24/h2-9H,10H2,1H3,(H,19,23). The van der Waals surface area contributed by atoms with Crippen molar-refractivity contribution < 1.29 is 14.3 Å². The fourth-order valence-electron chi connectivity index (χ4n) is 2.77. The van der Waals surface area contributed by atoms with E-state index < -0.39 is 0 Å². The van der Waals surface area contributed by atoms with E-state index in [1.54, 1.807) is 25.1 Å². The predicted molar refractivity (Wildman–Crippen MR) is 89.6 cm³/mol. The summed E-state index contributed by atoms with van der Waals surface area (Å²) >= 11 is 0. The number of ether oxygens (including phenoxy) is 1. The number of aryl methyl sites for hydroxylation is 1. The van der Waals surface area contributed by atoms with Gasteiger partial charge in [-0.1, -0.05) is 23.4 Å². The van der Waals surface area contributed by atoms with E-state index in [-0.39, 0.29) is 18.5 Å². The zero-order chi connectivity index (χ0) is 17.4. The van der Waals surface area contributed by atoms with Crippen LogP contribution in [0, 0.1) is 6.92 Å². The average Bonchev–Trinajstić information content (AvgIpc) is 3.19. The van der Waals surface area contributed by atoms with Crippen LogP contribution in [0.3, 0.4) is 0 Å². The molecule has 1 N–H and O–H groups in total. The van der Waals surface area contributed by atoms with Crippen LogP contribution in [0.1, 0.15) is 32.1 Å². The Kier molecular flexibility index (Phi) is 3.53. The van der Waals surface area contributed by atoms with Crippen molar-refractivity contribution in [2.75, 3.05) is 5.32 Å². The van der Waals surface area contributed by atoms with Crippen molar-refractivity contribution in [3.63, 3.8) is 0 Å². The number of carbonyl (C=O) groups excluding carboxylic acids is 2. The molecule has 0 radical (unpaired) electrons. The number of nitrogens with zero attached hydrogens (tertiary/aromatic N) is 3. The Morgan fingerprint density at radius 1 is 1.20 bits per heavy atom. The Morgan fingerprint density at radius 2 is 2.00 bits per heavy atom. The van der Waals surface area contributed by atoms with Gasteiger partial charge < -0.3 is 10.1 Å². The second-order valence-corrected chi connectivity index (χ2v) is 5.67. The molecule has 0 aliphatic carbocycles. The summed E-state index contributed by atoms with van der Waals surface area (Å²) in [6.07, 6.45) is 0. The number of anilines is 1. The Bertz CT molecular complexity index is 979. The first kappa shape index (κ1) is 15.1. The van der Waals surface area contributed by atoms with Crippen molar-refractivity contribution in [3.05, 3.63) is 71.0 Å². The van der Waals surface area contributed by atoms with Gasteiger partial charge in [0.2, 0.25) is 0 Å². The van der Waals surface area contributed by atoms with Gasteiger partial charge in [0.15, 0.2) is 5.69 Å². The molecular weight excluding hydrogens is 320 g/mol. The van der Waals surface area contributed by atoms with Crippen molar-refractivity contribution in [1.29, 1.82) is 0 Å². The van der Waals surface area contributed by atoms with Gasteiger partial charge in [-0.25, -0.2) is 9.48 Å². The summed E-state index contributed by atoms with van der Waals surface area (Å²) in [5.41, 5.74) is 3.52. The number of cyclic esters (lactones) is 1. The van der Waals surface area contributed by atoms with E-state index in [1.165, 1.54) is 4.68 Å². The lowest BCUT2D eigenvalue weighted by molar-refractivity contribution is 0.0535. The number of amides is 1. The van der Waals surface area contributed by atoms with Gasteiger partial charge in [0, 0.05) is 11.3 Å². The first-order valence-electron chi connectivity index (χ1n) is 7.72. The highest BCUT2D eigenvalue weighted by Crippen LogP contribution is 2.24.